The lowest BCUT2D eigenvalue weighted by Crippen LogP contribution is -2.44. The monoisotopic (exact) mass is 307 g/mol. The fourth-order valence-electron chi connectivity index (χ4n) is 1.79. The molecular weight excluding hydrogens is 289 g/mol. The van der Waals surface area contributed by atoms with E-state index in [1.807, 2.05) is 12.1 Å². The number of hydrogen-bond donors (Lipinski definition) is 1. The van der Waals surface area contributed by atoms with Crippen LogP contribution in [0.15, 0.2) is 24.5 Å². The van der Waals surface area contributed by atoms with Crippen LogP contribution in [0.1, 0.15) is 6.42 Å². The van der Waals surface area contributed by atoms with Crippen molar-refractivity contribution in [1.82, 2.24) is 10.3 Å². The molecule has 0 spiro atoms. The van der Waals surface area contributed by atoms with Crippen molar-refractivity contribution in [1.29, 1.82) is 0 Å². The molecule has 2 heterocycles. The first-order valence-electron chi connectivity index (χ1n) is 5.75. The largest absolute Gasteiger partial charge is 0.378 e. The number of ether oxygens (including phenoxy) is 1. The quantitative estimate of drug-likeness (QED) is 0.913. The molecule has 1 aliphatic heterocycles. The van der Waals surface area contributed by atoms with Crippen LogP contribution in [-0.4, -0.2) is 43.7 Å². The Labute approximate surface area is 125 Å². The zero-order chi connectivity index (χ0) is 12.1. The van der Waals surface area contributed by atoms with E-state index in [1.54, 1.807) is 24.3 Å². The highest BCUT2D eigenvalue weighted by Crippen LogP contribution is 2.11. The number of nitrogens with one attached hydrogen (secondary N) is 1. The summed E-state index contributed by atoms with van der Waals surface area (Å²) in [7, 11) is 1.77. The Bertz CT molecular complexity index is 372. The number of aromatic nitrogens is 1. The molecule has 0 saturated carbocycles. The molecule has 0 radical (unpaired) electrons. The molecule has 108 valence electrons. The summed E-state index contributed by atoms with van der Waals surface area (Å²) in [6.07, 6.45) is 3.83. The van der Waals surface area contributed by atoms with Crippen LogP contribution in [0, 0.1) is 0 Å². The maximum atomic E-state index is 12.0. The predicted octanol–water partition coefficient (Wildman–Crippen LogP) is 1.27. The molecule has 0 bridgehead atoms. The Balaban J connectivity index is 0.00000162. The van der Waals surface area contributed by atoms with Gasteiger partial charge in [-0.05, 0) is 12.1 Å². The molecule has 19 heavy (non-hydrogen) atoms. The molecule has 1 aromatic rings. The van der Waals surface area contributed by atoms with Gasteiger partial charge >= 0.3 is 0 Å². The van der Waals surface area contributed by atoms with Crippen LogP contribution in [0.25, 0.3) is 0 Å². The second-order valence-electron chi connectivity index (χ2n) is 4.09. The molecule has 1 atom stereocenters. The molecule has 0 aromatic carbocycles. The number of amides is 1. The van der Waals surface area contributed by atoms with Gasteiger partial charge in [-0.25, -0.2) is 0 Å². The van der Waals surface area contributed by atoms with Gasteiger partial charge in [0.1, 0.15) is 0 Å². The summed E-state index contributed by atoms with van der Waals surface area (Å²) in [5.74, 6) is 0.0704. The van der Waals surface area contributed by atoms with Crippen molar-refractivity contribution in [3.8, 4) is 0 Å². The molecule has 1 saturated heterocycles. The number of pyridine rings is 1. The van der Waals surface area contributed by atoms with Crippen molar-refractivity contribution in [2.45, 2.75) is 12.5 Å². The van der Waals surface area contributed by atoms with Crippen molar-refractivity contribution in [2.24, 2.45) is 0 Å². The molecule has 1 unspecified atom stereocenters. The number of carbonyl (C=O) groups is 1. The Morgan fingerprint density at radius 3 is 2.95 bits per heavy atom. The molecule has 1 fully saturated rings. The Kier molecular flexibility index (Phi) is 8.67. The lowest BCUT2D eigenvalue weighted by atomic mass is 10.2. The number of morpholine rings is 1. The topological polar surface area (TPSA) is 54.5 Å². The Morgan fingerprint density at radius 1 is 1.58 bits per heavy atom. The van der Waals surface area contributed by atoms with Crippen molar-refractivity contribution < 1.29 is 9.53 Å². The van der Waals surface area contributed by atoms with Crippen molar-refractivity contribution in [2.75, 3.05) is 31.7 Å². The second-order valence-corrected chi connectivity index (χ2v) is 4.09. The van der Waals surface area contributed by atoms with E-state index >= 15 is 0 Å². The summed E-state index contributed by atoms with van der Waals surface area (Å²) >= 11 is 0. The van der Waals surface area contributed by atoms with E-state index in [4.69, 9.17) is 4.74 Å². The summed E-state index contributed by atoms with van der Waals surface area (Å²) in [4.78, 5) is 17.6. The van der Waals surface area contributed by atoms with Gasteiger partial charge in [0.2, 0.25) is 5.91 Å². The third kappa shape index (κ3) is 5.32. The Morgan fingerprint density at radius 2 is 2.37 bits per heavy atom. The minimum atomic E-state index is 0. The molecule has 5 nitrogen and oxygen atoms in total. The normalized spacial score (nSPS) is 17.8. The number of nitrogens with zero attached hydrogens (tertiary/aromatic N) is 2. The summed E-state index contributed by atoms with van der Waals surface area (Å²) in [5, 5.41) is 3.27. The molecule has 0 aliphatic carbocycles. The fourth-order valence-corrected chi connectivity index (χ4v) is 1.79. The van der Waals surface area contributed by atoms with E-state index in [9.17, 15) is 4.79 Å². The highest BCUT2D eigenvalue weighted by Gasteiger charge is 2.19. The highest BCUT2D eigenvalue weighted by molar-refractivity contribution is 5.92. The second kappa shape index (κ2) is 9.09. The van der Waals surface area contributed by atoms with Crippen LogP contribution in [0.2, 0.25) is 0 Å². The molecule has 1 amide bonds. The van der Waals surface area contributed by atoms with Gasteiger partial charge in [0.05, 0.1) is 25.1 Å². The fraction of sp³-hybridized carbons (Fsp3) is 0.500. The van der Waals surface area contributed by atoms with E-state index in [2.05, 4.69) is 10.3 Å². The molecule has 2 rings (SSSR count). The number of halogens is 2. The lowest BCUT2D eigenvalue weighted by Gasteiger charge is -2.25. The summed E-state index contributed by atoms with van der Waals surface area (Å²) in [6.45, 7) is 2.14. The molecule has 1 N–H and O–H groups in total. The van der Waals surface area contributed by atoms with Crippen LogP contribution in [0.4, 0.5) is 5.69 Å². The van der Waals surface area contributed by atoms with Crippen LogP contribution in [-0.2, 0) is 9.53 Å². The minimum Gasteiger partial charge on any atom is -0.378 e. The third-order valence-corrected chi connectivity index (χ3v) is 2.83. The standard InChI is InChI=1S/C12H17N3O2.2ClH/c1-15(11-3-2-4-13-8-11)12(16)7-10-9-17-6-5-14-10;;/h2-4,8,10,14H,5-7,9H2,1H3;2*1H. The first-order valence-corrected chi connectivity index (χ1v) is 5.75. The van der Waals surface area contributed by atoms with E-state index < -0.39 is 0 Å². The van der Waals surface area contributed by atoms with E-state index in [0.29, 0.717) is 13.0 Å². The van der Waals surface area contributed by atoms with E-state index in [-0.39, 0.29) is 36.8 Å². The van der Waals surface area contributed by atoms with Crippen LogP contribution in [0.5, 0.6) is 0 Å². The van der Waals surface area contributed by atoms with Gasteiger partial charge in [0.25, 0.3) is 0 Å². The highest BCUT2D eigenvalue weighted by atomic mass is 35.5. The van der Waals surface area contributed by atoms with Gasteiger partial charge in [-0.2, -0.15) is 0 Å². The zero-order valence-corrected chi connectivity index (χ0v) is 12.4. The summed E-state index contributed by atoms with van der Waals surface area (Å²) in [5.41, 5.74) is 0.814. The van der Waals surface area contributed by atoms with Gasteiger partial charge < -0.3 is 15.0 Å². The lowest BCUT2D eigenvalue weighted by molar-refractivity contribution is -0.119. The van der Waals surface area contributed by atoms with E-state index in [0.717, 1.165) is 18.8 Å². The number of anilines is 1. The first-order chi connectivity index (χ1) is 8.27. The smallest absolute Gasteiger partial charge is 0.228 e. The maximum absolute atomic E-state index is 12.0. The Hall–Kier alpha value is -0.880. The van der Waals surface area contributed by atoms with Gasteiger partial charge in [-0.1, -0.05) is 0 Å². The van der Waals surface area contributed by atoms with Gasteiger partial charge in [-0.15, -0.1) is 24.8 Å². The number of hydrogen-bond acceptors (Lipinski definition) is 4. The summed E-state index contributed by atoms with van der Waals surface area (Å²) < 4.78 is 5.32. The van der Waals surface area contributed by atoms with E-state index in [1.165, 1.54) is 0 Å². The maximum Gasteiger partial charge on any atom is 0.228 e. The van der Waals surface area contributed by atoms with Crippen molar-refractivity contribution in [3.05, 3.63) is 24.5 Å². The van der Waals surface area contributed by atoms with Gasteiger partial charge in [0.15, 0.2) is 0 Å². The molecule has 7 heteroatoms. The number of carbonyl (C=O) groups excluding carboxylic acids is 1. The van der Waals surface area contributed by atoms with Crippen molar-refractivity contribution in [3.63, 3.8) is 0 Å². The number of rotatable bonds is 3. The predicted molar refractivity (Wildman–Crippen MR) is 79.4 cm³/mol. The van der Waals surface area contributed by atoms with Gasteiger partial charge in [0, 0.05) is 32.3 Å². The summed E-state index contributed by atoms with van der Waals surface area (Å²) in [6, 6.07) is 3.81. The van der Waals surface area contributed by atoms with Crippen LogP contribution >= 0.6 is 24.8 Å². The molecule has 1 aromatic heterocycles. The molecular formula is C12H19Cl2N3O2. The van der Waals surface area contributed by atoms with Crippen molar-refractivity contribution >= 4 is 36.4 Å². The first kappa shape index (κ1) is 18.1. The van der Waals surface area contributed by atoms with Crippen LogP contribution < -0.4 is 10.2 Å². The third-order valence-electron chi connectivity index (χ3n) is 2.83. The van der Waals surface area contributed by atoms with Gasteiger partial charge in [-0.3, -0.25) is 9.78 Å². The average Bonchev–Trinajstić information content (AvgIpc) is 2.40. The average molecular weight is 308 g/mol. The minimum absolute atomic E-state index is 0. The molecule has 1 aliphatic rings. The van der Waals surface area contributed by atoms with Crippen LogP contribution in [0.3, 0.4) is 0 Å². The SMILES string of the molecule is CN(C(=O)CC1COCCN1)c1cccnc1.Cl.Cl. The zero-order valence-electron chi connectivity index (χ0n) is 10.7.